The molecule has 0 aliphatic heterocycles. The number of aromatic nitrogens is 2. The zero-order chi connectivity index (χ0) is 19.0. The van der Waals surface area contributed by atoms with Crippen molar-refractivity contribution in [1.29, 1.82) is 0 Å². The van der Waals surface area contributed by atoms with Gasteiger partial charge in [0.1, 0.15) is 0 Å². The largest absolute Gasteiger partial charge is 0.349 e. The average molecular weight is 361 g/mol. The fraction of sp³-hybridized carbons (Fsp3) is 0.364. The summed E-state index contributed by atoms with van der Waals surface area (Å²) in [6.45, 7) is 1.97. The summed E-state index contributed by atoms with van der Waals surface area (Å²) in [6.07, 6.45) is 6.55. The first-order valence-electron chi connectivity index (χ1n) is 9.38. The van der Waals surface area contributed by atoms with E-state index in [0.717, 1.165) is 30.3 Å². The first-order chi connectivity index (χ1) is 12.8. The van der Waals surface area contributed by atoms with Gasteiger partial charge in [0.15, 0.2) is 0 Å². The molecule has 3 aliphatic carbocycles. The first kappa shape index (κ1) is 16.4. The second-order valence-corrected chi connectivity index (χ2v) is 8.52. The van der Waals surface area contributed by atoms with E-state index in [4.69, 9.17) is 0 Å². The molecule has 2 heterocycles. The normalized spacial score (nSPS) is 25.7. The van der Waals surface area contributed by atoms with E-state index in [1.165, 1.54) is 5.56 Å². The third-order valence-electron chi connectivity index (χ3n) is 6.52. The molecule has 3 aromatic rings. The van der Waals surface area contributed by atoms with Crippen LogP contribution in [0.15, 0.2) is 47.5 Å². The Balaban J connectivity index is 1.44. The van der Waals surface area contributed by atoms with Gasteiger partial charge in [-0.15, -0.1) is 0 Å². The number of hydrogen-bond donors (Lipinski definition) is 1. The van der Waals surface area contributed by atoms with Crippen molar-refractivity contribution in [2.24, 2.45) is 14.1 Å². The minimum Gasteiger partial charge on any atom is -0.349 e. The van der Waals surface area contributed by atoms with E-state index < -0.39 is 0 Å². The lowest BCUT2D eigenvalue weighted by atomic mass is 9.37. The summed E-state index contributed by atoms with van der Waals surface area (Å²) in [5.41, 5.74) is 3.68. The first-order valence-corrected chi connectivity index (χ1v) is 9.38. The summed E-state index contributed by atoms with van der Waals surface area (Å²) >= 11 is 0. The van der Waals surface area contributed by atoms with Gasteiger partial charge in [-0.3, -0.25) is 9.59 Å². The average Bonchev–Trinajstić information content (AvgIpc) is 2.93. The van der Waals surface area contributed by atoms with Crippen molar-refractivity contribution in [3.05, 3.63) is 69.8 Å². The van der Waals surface area contributed by atoms with Crippen LogP contribution in [0.25, 0.3) is 10.9 Å². The van der Waals surface area contributed by atoms with Crippen molar-refractivity contribution in [1.82, 2.24) is 14.5 Å². The number of fused-ring (bicyclic) bond motifs is 1. The number of pyridine rings is 1. The fourth-order valence-corrected chi connectivity index (χ4v) is 5.40. The Bertz CT molecular complexity index is 1130. The highest BCUT2D eigenvalue weighted by Gasteiger charge is 2.68. The molecule has 3 fully saturated rings. The molecule has 0 radical (unpaired) electrons. The van der Waals surface area contributed by atoms with E-state index in [-0.39, 0.29) is 22.4 Å². The molecule has 0 saturated heterocycles. The third-order valence-corrected chi connectivity index (χ3v) is 6.52. The quantitative estimate of drug-likeness (QED) is 0.780. The molecule has 1 N–H and O–H groups in total. The molecule has 5 nitrogen and oxygen atoms in total. The zero-order valence-corrected chi connectivity index (χ0v) is 15.9. The van der Waals surface area contributed by atoms with Gasteiger partial charge in [0, 0.05) is 37.4 Å². The molecule has 1 amide bonds. The minimum absolute atomic E-state index is 0.107. The van der Waals surface area contributed by atoms with Crippen LogP contribution in [0.2, 0.25) is 0 Å². The van der Waals surface area contributed by atoms with Gasteiger partial charge in [-0.05, 0) is 37.3 Å². The van der Waals surface area contributed by atoms with Gasteiger partial charge in [0.2, 0.25) is 0 Å². The Morgan fingerprint density at radius 3 is 2.37 bits per heavy atom. The molecule has 2 aromatic heterocycles. The minimum atomic E-state index is -0.135. The second-order valence-electron chi connectivity index (χ2n) is 8.52. The van der Waals surface area contributed by atoms with E-state index >= 15 is 0 Å². The lowest BCUT2D eigenvalue weighted by molar-refractivity contribution is -0.0807. The van der Waals surface area contributed by atoms with Crippen LogP contribution in [0.5, 0.6) is 0 Å². The highest BCUT2D eigenvalue weighted by Crippen LogP contribution is 2.67. The molecular weight excluding hydrogens is 338 g/mol. The van der Waals surface area contributed by atoms with Crippen LogP contribution >= 0.6 is 0 Å². The molecule has 1 aromatic carbocycles. The topological polar surface area (TPSA) is 56.0 Å². The van der Waals surface area contributed by atoms with E-state index in [1.54, 1.807) is 17.8 Å². The Morgan fingerprint density at radius 2 is 1.70 bits per heavy atom. The third kappa shape index (κ3) is 2.11. The van der Waals surface area contributed by atoms with Crippen LogP contribution in [0, 0.1) is 6.92 Å². The maximum atomic E-state index is 13.0. The molecule has 5 heteroatoms. The number of carbonyl (C=O) groups is 1. The predicted octanol–water partition coefficient (Wildman–Crippen LogP) is 2.79. The molecule has 6 rings (SSSR count). The van der Waals surface area contributed by atoms with Gasteiger partial charge in [-0.2, -0.15) is 0 Å². The number of benzene rings is 1. The van der Waals surface area contributed by atoms with E-state index in [2.05, 4.69) is 29.6 Å². The SMILES string of the molecule is Cc1cn(C)c(=O)c2c(C(=O)NC34CC(c5ccccc5)(C3)C4)cn(C)c12. The number of carbonyl (C=O) groups excluding carboxylic acids is 1. The number of nitrogens with one attached hydrogen (secondary N) is 1. The van der Waals surface area contributed by atoms with Gasteiger partial charge in [-0.25, -0.2) is 0 Å². The Kier molecular flexibility index (Phi) is 3.10. The number of amides is 1. The summed E-state index contributed by atoms with van der Waals surface area (Å²) in [4.78, 5) is 25.7. The molecule has 0 unspecified atom stereocenters. The van der Waals surface area contributed by atoms with Crippen LogP contribution in [0.1, 0.15) is 40.7 Å². The van der Waals surface area contributed by atoms with Crippen LogP contribution in [0.4, 0.5) is 0 Å². The zero-order valence-electron chi connectivity index (χ0n) is 15.9. The summed E-state index contributed by atoms with van der Waals surface area (Å²) < 4.78 is 3.44. The van der Waals surface area contributed by atoms with Gasteiger partial charge >= 0.3 is 0 Å². The van der Waals surface area contributed by atoms with Crippen LogP contribution < -0.4 is 10.9 Å². The van der Waals surface area contributed by atoms with Crippen molar-refractivity contribution in [3.63, 3.8) is 0 Å². The molecule has 3 saturated carbocycles. The van der Waals surface area contributed by atoms with Crippen LogP contribution in [0.3, 0.4) is 0 Å². The lowest BCUT2D eigenvalue weighted by Crippen LogP contribution is -2.76. The number of aryl methyl sites for hydroxylation is 3. The van der Waals surface area contributed by atoms with Gasteiger partial charge in [0.25, 0.3) is 11.5 Å². The maximum absolute atomic E-state index is 13.0. The Labute approximate surface area is 157 Å². The van der Waals surface area contributed by atoms with Crippen LogP contribution in [-0.2, 0) is 19.5 Å². The van der Waals surface area contributed by atoms with Crippen molar-refractivity contribution < 1.29 is 4.79 Å². The smallest absolute Gasteiger partial charge is 0.260 e. The standard InChI is InChI=1S/C22H23N3O2/c1-14-9-25(3)20(27)17-16(10-24(2)18(14)17)19(26)23-22-11-21(12-22,13-22)15-7-5-4-6-8-15/h4-10H,11-13H2,1-3H3,(H,23,26). The van der Waals surface area contributed by atoms with Crippen molar-refractivity contribution in [2.75, 3.05) is 0 Å². The van der Waals surface area contributed by atoms with Gasteiger partial charge in [0.05, 0.1) is 16.5 Å². The molecular formula is C22H23N3O2. The van der Waals surface area contributed by atoms with Crippen molar-refractivity contribution in [3.8, 4) is 0 Å². The molecule has 3 aliphatic rings. The number of nitrogens with zero attached hydrogens (tertiary/aromatic N) is 2. The van der Waals surface area contributed by atoms with Crippen molar-refractivity contribution in [2.45, 2.75) is 37.1 Å². The van der Waals surface area contributed by atoms with Gasteiger partial charge in [-0.1, -0.05) is 30.3 Å². The van der Waals surface area contributed by atoms with Gasteiger partial charge < -0.3 is 14.5 Å². The van der Waals surface area contributed by atoms with E-state index in [9.17, 15) is 9.59 Å². The van der Waals surface area contributed by atoms with E-state index in [0.29, 0.717) is 10.9 Å². The molecule has 2 bridgehead atoms. The van der Waals surface area contributed by atoms with E-state index in [1.807, 2.05) is 30.8 Å². The predicted molar refractivity (Wildman–Crippen MR) is 105 cm³/mol. The lowest BCUT2D eigenvalue weighted by Gasteiger charge is -2.71. The number of rotatable bonds is 3. The Morgan fingerprint density at radius 1 is 1.04 bits per heavy atom. The van der Waals surface area contributed by atoms with Crippen molar-refractivity contribution >= 4 is 16.8 Å². The highest BCUT2D eigenvalue weighted by molar-refractivity contribution is 6.07. The highest BCUT2D eigenvalue weighted by atomic mass is 16.2. The summed E-state index contributed by atoms with van der Waals surface area (Å²) in [5, 5.41) is 3.76. The second kappa shape index (κ2) is 5.12. The monoisotopic (exact) mass is 361 g/mol. The fourth-order valence-electron chi connectivity index (χ4n) is 5.40. The summed E-state index contributed by atoms with van der Waals surface area (Å²) in [7, 11) is 3.62. The molecule has 0 spiro atoms. The molecule has 0 atom stereocenters. The number of hydrogen-bond acceptors (Lipinski definition) is 2. The van der Waals surface area contributed by atoms with Crippen LogP contribution in [-0.4, -0.2) is 20.6 Å². The maximum Gasteiger partial charge on any atom is 0.260 e. The Hall–Kier alpha value is -2.82. The summed E-state index contributed by atoms with van der Waals surface area (Å²) in [6, 6.07) is 10.6. The molecule has 138 valence electrons. The molecule has 27 heavy (non-hydrogen) atoms. The summed E-state index contributed by atoms with van der Waals surface area (Å²) in [5.74, 6) is -0.135.